The third-order valence-corrected chi connectivity index (χ3v) is 4.93. The van der Waals surface area contributed by atoms with Gasteiger partial charge >= 0.3 is 0 Å². The Balaban J connectivity index is 2.70. The number of carbonyl (C=O) groups excluding carboxylic acids is 1. The molecule has 0 unspecified atom stereocenters. The van der Waals surface area contributed by atoms with Gasteiger partial charge < -0.3 is 5.32 Å². The number of amides is 1. The summed E-state index contributed by atoms with van der Waals surface area (Å²) < 4.78 is 2.04. The molecule has 0 radical (unpaired) electrons. The molecule has 0 saturated carbocycles. The summed E-state index contributed by atoms with van der Waals surface area (Å²) in [6.07, 6.45) is 6.82. The minimum absolute atomic E-state index is 0.0169. The van der Waals surface area contributed by atoms with Crippen molar-refractivity contribution < 1.29 is 4.79 Å². The lowest BCUT2D eigenvalue weighted by Crippen LogP contribution is -2.34. The van der Waals surface area contributed by atoms with Gasteiger partial charge in [0.2, 0.25) is 0 Å². The first-order chi connectivity index (χ1) is 11.6. The number of terminal acetylenes is 1. The van der Waals surface area contributed by atoms with Crippen molar-refractivity contribution in [1.82, 2.24) is 9.88 Å². The molecule has 0 aromatic carbocycles. The lowest BCUT2D eigenvalue weighted by molar-refractivity contribution is -0.115. The number of thiophene rings is 1. The van der Waals surface area contributed by atoms with Gasteiger partial charge in [0.05, 0.1) is 6.54 Å². The second-order valence-electron chi connectivity index (χ2n) is 4.46. The summed E-state index contributed by atoms with van der Waals surface area (Å²) in [7, 11) is 0. The van der Waals surface area contributed by atoms with Crippen molar-refractivity contribution in [2.24, 2.45) is 0 Å². The van der Waals surface area contributed by atoms with Gasteiger partial charge in [0.1, 0.15) is 15.3 Å². The molecule has 120 valence electrons. The molecule has 5 nitrogen and oxygen atoms in total. The van der Waals surface area contributed by atoms with Crippen molar-refractivity contribution in [1.29, 1.82) is 5.26 Å². The molecule has 2 rings (SSSR count). The van der Waals surface area contributed by atoms with Crippen LogP contribution in [0.2, 0.25) is 0 Å². The van der Waals surface area contributed by atoms with Gasteiger partial charge in [-0.05, 0) is 24.4 Å². The first kappa shape index (κ1) is 17.5. The number of aromatic nitrogens is 1. The predicted octanol–water partition coefficient (Wildman–Crippen LogP) is 0.508. The van der Waals surface area contributed by atoms with Gasteiger partial charge in [-0.3, -0.25) is 14.2 Å². The normalized spacial score (nSPS) is 11.0. The third-order valence-electron chi connectivity index (χ3n) is 2.99. The summed E-state index contributed by atoms with van der Waals surface area (Å²) >= 11 is 2.59. The maximum Gasteiger partial charge on any atom is 0.277 e. The first-order valence-corrected chi connectivity index (χ1v) is 8.68. The fourth-order valence-corrected chi connectivity index (χ4v) is 3.57. The highest BCUT2D eigenvalue weighted by Crippen LogP contribution is 2.08. The van der Waals surface area contributed by atoms with Crippen molar-refractivity contribution in [3.05, 3.63) is 41.9 Å². The Morgan fingerprint density at radius 3 is 2.92 bits per heavy atom. The minimum atomic E-state index is -0.590. The van der Waals surface area contributed by atoms with E-state index in [1.54, 1.807) is 13.0 Å². The molecule has 2 aromatic heterocycles. The monoisotopic (exact) mass is 355 g/mol. The highest BCUT2D eigenvalue weighted by molar-refractivity contribution is 7.11. The van der Waals surface area contributed by atoms with Crippen molar-refractivity contribution in [2.75, 3.05) is 6.54 Å². The number of carbonyl (C=O) groups is 1. The van der Waals surface area contributed by atoms with Crippen LogP contribution in [-0.2, 0) is 11.3 Å². The molecule has 0 spiro atoms. The smallest absolute Gasteiger partial charge is 0.277 e. The Labute approximate surface area is 146 Å². The molecule has 0 bridgehead atoms. The average Bonchev–Trinajstić information content (AvgIpc) is 3.20. The molecule has 0 aliphatic heterocycles. The molecule has 0 aliphatic rings. The lowest BCUT2D eigenvalue weighted by atomic mass is 10.3. The van der Waals surface area contributed by atoms with Crippen LogP contribution in [0.1, 0.15) is 11.8 Å². The van der Waals surface area contributed by atoms with Crippen molar-refractivity contribution in [3.8, 4) is 18.4 Å². The van der Waals surface area contributed by atoms with E-state index in [-0.39, 0.29) is 17.7 Å². The van der Waals surface area contributed by atoms with Gasteiger partial charge in [0.25, 0.3) is 11.5 Å². The first-order valence-electron chi connectivity index (χ1n) is 6.98. The van der Waals surface area contributed by atoms with Crippen LogP contribution in [0, 0.1) is 23.7 Å². The van der Waals surface area contributed by atoms with Crippen molar-refractivity contribution >= 4 is 46.0 Å². The Hall–Kier alpha value is -2.83. The van der Waals surface area contributed by atoms with Crippen LogP contribution in [0.15, 0.2) is 22.3 Å². The molecular formula is C17H13N3O2S2. The van der Waals surface area contributed by atoms with E-state index in [9.17, 15) is 14.9 Å². The Kier molecular flexibility index (Phi) is 5.95. The molecule has 7 heteroatoms. The highest BCUT2D eigenvalue weighted by atomic mass is 32.1. The Morgan fingerprint density at radius 1 is 1.54 bits per heavy atom. The number of nitrogens with zero attached hydrogens (tertiary/aromatic N) is 2. The summed E-state index contributed by atoms with van der Waals surface area (Å²) in [5, 5.41) is 13.7. The van der Waals surface area contributed by atoms with Crippen LogP contribution in [-0.4, -0.2) is 17.0 Å². The fraction of sp³-hybridized carbons (Fsp3) is 0.176. The zero-order valence-electron chi connectivity index (χ0n) is 12.8. The zero-order chi connectivity index (χ0) is 17.5. The zero-order valence-corrected chi connectivity index (χ0v) is 14.5. The van der Waals surface area contributed by atoms with Gasteiger partial charge in [0, 0.05) is 11.4 Å². The van der Waals surface area contributed by atoms with Crippen LogP contribution in [0.5, 0.6) is 0 Å². The van der Waals surface area contributed by atoms with E-state index < -0.39 is 5.91 Å². The van der Waals surface area contributed by atoms with E-state index in [1.165, 1.54) is 15.9 Å². The number of hydrogen-bond donors (Lipinski definition) is 1. The number of nitrogens with one attached hydrogen (secondary N) is 1. The van der Waals surface area contributed by atoms with Crippen LogP contribution < -0.4 is 20.1 Å². The van der Waals surface area contributed by atoms with Crippen LogP contribution >= 0.6 is 22.7 Å². The van der Waals surface area contributed by atoms with Gasteiger partial charge in [-0.15, -0.1) is 29.1 Å². The van der Waals surface area contributed by atoms with Gasteiger partial charge in [0.15, 0.2) is 5.57 Å². The number of rotatable bonds is 4. The number of hydrogen-bond acceptors (Lipinski definition) is 5. The molecule has 0 fully saturated rings. The summed E-state index contributed by atoms with van der Waals surface area (Å²) in [4.78, 5) is 25.5. The van der Waals surface area contributed by atoms with Crippen LogP contribution in [0.3, 0.4) is 0 Å². The highest BCUT2D eigenvalue weighted by Gasteiger charge is 2.14. The van der Waals surface area contributed by atoms with E-state index >= 15 is 0 Å². The second kappa shape index (κ2) is 8.14. The van der Waals surface area contributed by atoms with E-state index in [1.807, 2.05) is 23.6 Å². The average molecular weight is 355 g/mol. The molecule has 0 atom stereocenters. The minimum Gasteiger partial charge on any atom is -0.340 e. The number of nitriles is 1. The van der Waals surface area contributed by atoms with Gasteiger partial charge in [-0.1, -0.05) is 17.7 Å². The summed E-state index contributed by atoms with van der Waals surface area (Å²) in [6, 6.07) is 5.67. The largest absolute Gasteiger partial charge is 0.340 e. The molecule has 2 aromatic rings. The van der Waals surface area contributed by atoms with Gasteiger partial charge in [-0.25, -0.2) is 0 Å². The van der Waals surface area contributed by atoms with Gasteiger partial charge in [-0.2, -0.15) is 5.26 Å². The van der Waals surface area contributed by atoms with Crippen LogP contribution in [0.25, 0.3) is 17.4 Å². The topological polar surface area (TPSA) is 74.9 Å². The van der Waals surface area contributed by atoms with Crippen molar-refractivity contribution in [3.63, 3.8) is 0 Å². The number of thiazole rings is 1. The molecule has 24 heavy (non-hydrogen) atoms. The standard InChI is InChI=1S/C17H13N3O2S2/c1-3-9-19-15(21)13(11-18)17-20(4-2)16(22)14(24-17)8-7-12-6-5-10-23-12/h1,5-7,10H,4,9H2,2H3,(H,19,21)/b17-13-. The van der Waals surface area contributed by atoms with Crippen molar-refractivity contribution in [2.45, 2.75) is 13.5 Å². The maximum atomic E-state index is 12.4. The van der Waals surface area contributed by atoms with E-state index in [4.69, 9.17) is 6.42 Å². The second-order valence-corrected chi connectivity index (χ2v) is 6.44. The molecule has 2 heterocycles. The molecule has 1 amide bonds. The van der Waals surface area contributed by atoms with E-state index in [0.717, 1.165) is 16.2 Å². The predicted molar refractivity (Wildman–Crippen MR) is 96.6 cm³/mol. The Morgan fingerprint density at radius 2 is 2.33 bits per heavy atom. The summed E-state index contributed by atoms with van der Waals surface area (Å²) in [5.41, 5.74) is 2.55. The fourth-order valence-electron chi connectivity index (χ4n) is 1.90. The molecule has 0 saturated heterocycles. The summed E-state index contributed by atoms with van der Waals surface area (Å²) in [5.74, 6) is 1.68. The Bertz CT molecular complexity index is 1040. The van der Waals surface area contributed by atoms with Crippen LogP contribution in [0.4, 0.5) is 0 Å². The molecular weight excluding hydrogens is 342 g/mol. The van der Waals surface area contributed by atoms with E-state index in [0.29, 0.717) is 15.7 Å². The lowest BCUT2D eigenvalue weighted by Gasteiger charge is -2.00. The van der Waals surface area contributed by atoms with E-state index in [2.05, 4.69) is 17.0 Å². The quantitative estimate of drug-likeness (QED) is 0.812. The molecule has 0 aliphatic carbocycles. The maximum absolute atomic E-state index is 12.4. The summed E-state index contributed by atoms with van der Waals surface area (Å²) in [6.45, 7) is 2.14. The third kappa shape index (κ3) is 3.73. The SMILES string of the molecule is C#CCNC(=O)/C(C#N)=c1\sc(=C=Cc2cccs2)c(=O)n1CC. The molecule has 1 N–H and O–H groups in total.